The van der Waals surface area contributed by atoms with Gasteiger partial charge in [0.25, 0.3) is 11.8 Å². The Bertz CT molecular complexity index is 1440. The van der Waals surface area contributed by atoms with Gasteiger partial charge in [-0.2, -0.15) is 0 Å². The monoisotopic (exact) mass is 670 g/mol. The summed E-state index contributed by atoms with van der Waals surface area (Å²) in [6.07, 6.45) is 11.3. The van der Waals surface area contributed by atoms with Crippen molar-refractivity contribution in [2.75, 3.05) is 10.6 Å². The fourth-order valence-corrected chi connectivity index (χ4v) is 5.52. The van der Waals surface area contributed by atoms with Crippen LogP contribution in [0, 0.1) is 0 Å². The van der Waals surface area contributed by atoms with Gasteiger partial charge in [0.1, 0.15) is 17.2 Å². The number of aromatic hydroxyl groups is 2. The molecule has 7 nitrogen and oxygen atoms in total. The van der Waals surface area contributed by atoms with Gasteiger partial charge in [0, 0.05) is 22.2 Å². The van der Waals surface area contributed by atoms with Crippen molar-refractivity contribution in [1.82, 2.24) is 0 Å². The van der Waals surface area contributed by atoms with Crippen LogP contribution in [-0.2, 0) is 10.2 Å². The van der Waals surface area contributed by atoms with Crippen LogP contribution in [-0.4, -0.2) is 28.1 Å². The van der Waals surface area contributed by atoms with Gasteiger partial charge in [-0.15, -0.1) is 0 Å². The Kier molecular flexibility index (Phi) is 14.5. The zero-order valence-electron chi connectivity index (χ0n) is 27.4. The number of nitrogens with one attached hydrogen (secondary N) is 2. The lowest BCUT2D eigenvalue weighted by Gasteiger charge is -2.23. The van der Waals surface area contributed by atoms with Gasteiger partial charge in [0.05, 0.1) is 16.4 Å². The smallest absolute Gasteiger partial charge is 0.265 e. The predicted molar refractivity (Wildman–Crippen MR) is 189 cm³/mol. The van der Waals surface area contributed by atoms with E-state index < -0.39 is 17.9 Å². The Labute approximate surface area is 283 Å². The lowest BCUT2D eigenvalue weighted by atomic mass is 9.86. The Hall–Kier alpha value is -3.42. The summed E-state index contributed by atoms with van der Waals surface area (Å²) < 4.78 is 6.23. The number of hydrogen-bond acceptors (Lipinski definition) is 5. The molecule has 3 rings (SSSR count). The van der Waals surface area contributed by atoms with Crippen molar-refractivity contribution in [3.63, 3.8) is 0 Å². The second-order valence-corrected chi connectivity index (χ2v) is 13.6. The quantitative estimate of drug-likeness (QED) is 0.0844. The van der Waals surface area contributed by atoms with Gasteiger partial charge in [0.2, 0.25) is 0 Å². The van der Waals surface area contributed by atoms with E-state index in [4.69, 9.17) is 27.9 Å². The fraction of sp³-hybridized carbons (Fsp3) is 0.459. The van der Waals surface area contributed by atoms with Crippen molar-refractivity contribution in [1.29, 1.82) is 0 Å². The van der Waals surface area contributed by atoms with Crippen molar-refractivity contribution in [2.24, 2.45) is 0 Å². The standard InChI is InChI=1S/C37H48Cl2N2O5/c1-5-6-7-8-9-10-11-12-13-14-15-34(46-27-20-21-32(42)28(22-27)37(2,3)4)36(45)40-30-24-33(43)31(23-29(30)39)41-35(44)25-16-18-26(38)19-17-25/h16-24,34,42-43H,5-15H2,1-4H3,(H,40,45)(H,41,44). The number of halogens is 2. The lowest BCUT2D eigenvalue weighted by Crippen LogP contribution is -2.33. The van der Waals surface area contributed by atoms with Gasteiger partial charge in [0.15, 0.2) is 6.10 Å². The first-order valence-electron chi connectivity index (χ1n) is 16.3. The maximum atomic E-state index is 13.6. The highest BCUT2D eigenvalue weighted by Gasteiger charge is 2.24. The highest BCUT2D eigenvalue weighted by Crippen LogP contribution is 2.36. The summed E-state index contributed by atoms with van der Waals surface area (Å²) in [5.74, 6) is -0.485. The minimum absolute atomic E-state index is 0.0971. The van der Waals surface area contributed by atoms with Gasteiger partial charge < -0.3 is 25.6 Å². The molecule has 0 saturated heterocycles. The molecule has 0 radical (unpaired) electrons. The second-order valence-electron chi connectivity index (χ2n) is 12.8. The average Bonchev–Trinajstić information content (AvgIpc) is 3.00. The minimum Gasteiger partial charge on any atom is -0.508 e. The van der Waals surface area contributed by atoms with Crippen molar-refractivity contribution in [3.05, 3.63) is 75.8 Å². The highest BCUT2D eigenvalue weighted by atomic mass is 35.5. The molecule has 0 aliphatic heterocycles. The van der Waals surface area contributed by atoms with E-state index in [1.807, 2.05) is 20.8 Å². The number of amides is 2. The van der Waals surface area contributed by atoms with E-state index in [0.717, 1.165) is 19.3 Å². The number of hydrogen-bond donors (Lipinski definition) is 4. The van der Waals surface area contributed by atoms with Crippen LogP contribution in [0.3, 0.4) is 0 Å². The zero-order chi connectivity index (χ0) is 33.7. The van der Waals surface area contributed by atoms with Crippen LogP contribution in [0.25, 0.3) is 0 Å². The minimum atomic E-state index is -0.839. The molecule has 0 heterocycles. The molecule has 2 amide bonds. The summed E-state index contributed by atoms with van der Waals surface area (Å²) in [4.78, 5) is 26.2. The molecule has 0 aromatic heterocycles. The third kappa shape index (κ3) is 11.7. The molecule has 4 N–H and O–H groups in total. The number of benzene rings is 3. The molecule has 250 valence electrons. The molecule has 0 spiro atoms. The van der Waals surface area contributed by atoms with E-state index in [1.54, 1.807) is 42.5 Å². The molecule has 0 aliphatic rings. The maximum Gasteiger partial charge on any atom is 0.265 e. The second kappa shape index (κ2) is 18.1. The number of phenolic OH excluding ortho intramolecular Hbond substituents is 2. The fourth-order valence-electron chi connectivity index (χ4n) is 5.18. The van der Waals surface area contributed by atoms with Crippen molar-refractivity contribution in [2.45, 2.75) is 110 Å². The van der Waals surface area contributed by atoms with Crippen LogP contribution in [0.1, 0.15) is 114 Å². The van der Waals surface area contributed by atoms with Crippen LogP contribution in [0.15, 0.2) is 54.6 Å². The van der Waals surface area contributed by atoms with Gasteiger partial charge in [-0.3, -0.25) is 9.59 Å². The largest absolute Gasteiger partial charge is 0.508 e. The molecular formula is C37H48Cl2N2O5. The van der Waals surface area contributed by atoms with Crippen LogP contribution in [0.2, 0.25) is 10.0 Å². The van der Waals surface area contributed by atoms with Crippen LogP contribution in [0.5, 0.6) is 17.2 Å². The highest BCUT2D eigenvalue weighted by molar-refractivity contribution is 6.34. The van der Waals surface area contributed by atoms with E-state index in [2.05, 4.69) is 17.6 Å². The number of unbranched alkanes of at least 4 members (excludes halogenated alkanes) is 9. The molecule has 0 fully saturated rings. The Morgan fingerprint density at radius 1 is 0.761 bits per heavy atom. The summed E-state index contributed by atoms with van der Waals surface area (Å²) in [5.41, 5.74) is 1.03. The van der Waals surface area contributed by atoms with Gasteiger partial charge in [-0.25, -0.2) is 0 Å². The molecular weight excluding hydrogens is 623 g/mol. The van der Waals surface area contributed by atoms with E-state index in [1.165, 1.54) is 57.1 Å². The number of carbonyl (C=O) groups is 2. The molecule has 9 heteroatoms. The van der Waals surface area contributed by atoms with Crippen molar-refractivity contribution < 1.29 is 24.5 Å². The lowest BCUT2D eigenvalue weighted by molar-refractivity contribution is -0.123. The summed E-state index contributed by atoms with van der Waals surface area (Å²) in [5, 5.41) is 27.2. The van der Waals surface area contributed by atoms with E-state index in [0.29, 0.717) is 28.3 Å². The zero-order valence-corrected chi connectivity index (χ0v) is 28.9. The van der Waals surface area contributed by atoms with Gasteiger partial charge in [-0.05, 0) is 66.8 Å². The topological polar surface area (TPSA) is 108 Å². The van der Waals surface area contributed by atoms with E-state index >= 15 is 0 Å². The van der Waals surface area contributed by atoms with Crippen LogP contribution >= 0.6 is 23.2 Å². The van der Waals surface area contributed by atoms with Crippen molar-refractivity contribution in [3.8, 4) is 17.2 Å². The number of phenols is 2. The molecule has 0 aliphatic carbocycles. The van der Waals surface area contributed by atoms with E-state index in [-0.39, 0.29) is 33.3 Å². The number of ether oxygens (including phenoxy) is 1. The first-order valence-corrected chi connectivity index (χ1v) is 17.0. The van der Waals surface area contributed by atoms with Crippen LogP contribution < -0.4 is 15.4 Å². The molecule has 3 aromatic rings. The molecule has 0 saturated carbocycles. The molecule has 1 unspecified atom stereocenters. The molecule has 46 heavy (non-hydrogen) atoms. The molecule has 0 bridgehead atoms. The first-order chi connectivity index (χ1) is 21.9. The Morgan fingerprint density at radius 2 is 1.37 bits per heavy atom. The van der Waals surface area contributed by atoms with E-state index in [9.17, 15) is 19.8 Å². The Balaban J connectivity index is 1.69. The average molecular weight is 672 g/mol. The normalized spacial score (nSPS) is 12.0. The Morgan fingerprint density at radius 3 is 1.98 bits per heavy atom. The molecule has 1 atom stereocenters. The summed E-state index contributed by atoms with van der Waals surface area (Å²) >= 11 is 12.4. The van der Waals surface area contributed by atoms with Crippen molar-refractivity contribution >= 4 is 46.4 Å². The SMILES string of the molecule is CCCCCCCCCCCCC(Oc1ccc(O)c(C(C)(C)C)c1)C(=O)Nc1cc(O)c(NC(=O)c2ccc(Cl)cc2)cc1Cl. The first kappa shape index (κ1) is 37.0. The molecule has 3 aromatic carbocycles. The third-order valence-electron chi connectivity index (χ3n) is 7.86. The third-order valence-corrected chi connectivity index (χ3v) is 8.43. The summed E-state index contributed by atoms with van der Waals surface area (Å²) in [6, 6.07) is 14.0. The number of anilines is 2. The van der Waals surface area contributed by atoms with Crippen LogP contribution in [0.4, 0.5) is 11.4 Å². The summed E-state index contributed by atoms with van der Waals surface area (Å²) in [7, 11) is 0. The number of carbonyl (C=O) groups excluding carboxylic acids is 2. The van der Waals surface area contributed by atoms with Gasteiger partial charge >= 0.3 is 0 Å². The predicted octanol–water partition coefficient (Wildman–Crippen LogP) is 10.7. The summed E-state index contributed by atoms with van der Waals surface area (Å²) in [6.45, 7) is 8.21. The van der Waals surface area contributed by atoms with Gasteiger partial charge in [-0.1, -0.05) is 109 Å². The number of rotatable bonds is 17. The maximum absolute atomic E-state index is 13.6.